The number of rotatable bonds is 2. The molecular formula is C9H11NO2. The van der Waals surface area contributed by atoms with Gasteiger partial charge in [-0.1, -0.05) is 6.92 Å². The minimum Gasteiger partial charge on any atom is -0.478 e. The van der Waals surface area contributed by atoms with E-state index in [0.717, 1.165) is 5.56 Å². The van der Waals surface area contributed by atoms with Gasteiger partial charge < -0.3 is 5.11 Å². The quantitative estimate of drug-likeness (QED) is 0.724. The van der Waals surface area contributed by atoms with Crippen LogP contribution < -0.4 is 0 Å². The Morgan fingerprint density at radius 2 is 2.33 bits per heavy atom. The highest BCUT2D eigenvalue weighted by Gasteiger charge is 2.09. The van der Waals surface area contributed by atoms with Crippen LogP contribution in [0, 0.1) is 6.92 Å². The molecule has 0 unspecified atom stereocenters. The predicted molar refractivity (Wildman–Crippen MR) is 45.3 cm³/mol. The average Bonchev–Trinajstić information content (AvgIpc) is 2.04. The molecule has 0 amide bonds. The van der Waals surface area contributed by atoms with Crippen molar-refractivity contribution >= 4 is 5.97 Å². The number of carboxylic acids is 1. The summed E-state index contributed by atoms with van der Waals surface area (Å²) in [6.07, 6.45) is 2.34. The summed E-state index contributed by atoms with van der Waals surface area (Å²) in [5, 5.41) is 8.78. The lowest BCUT2D eigenvalue weighted by Gasteiger charge is -2.02. The zero-order valence-corrected chi connectivity index (χ0v) is 7.16. The summed E-state index contributed by atoms with van der Waals surface area (Å²) in [5.41, 5.74) is 1.84. The van der Waals surface area contributed by atoms with Crippen LogP contribution in [0.2, 0.25) is 0 Å². The van der Waals surface area contributed by atoms with Crippen LogP contribution in [-0.2, 0) is 6.42 Å². The van der Waals surface area contributed by atoms with E-state index in [1.165, 1.54) is 0 Å². The number of carbonyl (C=O) groups is 1. The Hall–Kier alpha value is -1.38. The Kier molecular flexibility index (Phi) is 2.43. The molecule has 3 nitrogen and oxygen atoms in total. The van der Waals surface area contributed by atoms with Crippen LogP contribution in [-0.4, -0.2) is 16.1 Å². The van der Waals surface area contributed by atoms with Crippen molar-refractivity contribution < 1.29 is 9.90 Å². The molecule has 1 aromatic heterocycles. The van der Waals surface area contributed by atoms with Gasteiger partial charge in [0.1, 0.15) is 0 Å². The van der Waals surface area contributed by atoms with E-state index in [2.05, 4.69) is 4.98 Å². The number of carboxylic acid groups (broad SMARTS) is 1. The van der Waals surface area contributed by atoms with Gasteiger partial charge in [0, 0.05) is 6.20 Å². The summed E-state index contributed by atoms with van der Waals surface area (Å²) >= 11 is 0. The van der Waals surface area contributed by atoms with Crippen molar-refractivity contribution in [1.82, 2.24) is 4.98 Å². The third-order valence-electron chi connectivity index (χ3n) is 1.67. The second-order valence-electron chi connectivity index (χ2n) is 2.67. The van der Waals surface area contributed by atoms with Crippen molar-refractivity contribution in [2.24, 2.45) is 0 Å². The molecule has 0 aliphatic rings. The smallest absolute Gasteiger partial charge is 0.337 e. The van der Waals surface area contributed by atoms with E-state index in [0.29, 0.717) is 17.7 Å². The normalized spacial score (nSPS) is 9.83. The molecule has 0 aliphatic carbocycles. The molecule has 0 bridgehead atoms. The van der Waals surface area contributed by atoms with Crippen LogP contribution in [0.25, 0.3) is 0 Å². The van der Waals surface area contributed by atoms with E-state index in [9.17, 15) is 4.79 Å². The molecule has 1 rings (SSSR count). The highest BCUT2D eigenvalue weighted by atomic mass is 16.4. The van der Waals surface area contributed by atoms with Crippen LogP contribution in [0.1, 0.15) is 28.5 Å². The summed E-state index contributed by atoms with van der Waals surface area (Å²) in [5.74, 6) is -0.900. The molecule has 0 atom stereocenters. The van der Waals surface area contributed by atoms with Crippen molar-refractivity contribution in [3.8, 4) is 0 Å². The molecule has 0 fully saturated rings. The molecule has 12 heavy (non-hydrogen) atoms. The topological polar surface area (TPSA) is 50.2 Å². The van der Waals surface area contributed by atoms with Gasteiger partial charge in [-0.2, -0.15) is 0 Å². The number of aromatic carboxylic acids is 1. The maximum Gasteiger partial charge on any atom is 0.337 e. The monoisotopic (exact) mass is 165 g/mol. The third-order valence-corrected chi connectivity index (χ3v) is 1.67. The Morgan fingerprint density at radius 3 is 2.83 bits per heavy atom. The standard InChI is InChI=1S/C9H11NO2/c1-3-8-7(9(11)12)4-6(2)5-10-8/h4-5H,3H2,1-2H3,(H,11,12). The fraction of sp³-hybridized carbons (Fsp3) is 0.333. The number of aromatic nitrogens is 1. The first kappa shape index (κ1) is 8.71. The Labute approximate surface area is 71.1 Å². The summed E-state index contributed by atoms with van der Waals surface area (Å²) in [4.78, 5) is 14.7. The van der Waals surface area contributed by atoms with E-state index < -0.39 is 5.97 Å². The van der Waals surface area contributed by atoms with Gasteiger partial charge in [0.25, 0.3) is 0 Å². The largest absolute Gasteiger partial charge is 0.478 e. The van der Waals surface area contributed by atoms with E-state index in [4.69, 9.17) is 5.11 Å². The lowest BCUT2D eigenvalue weighted by molar-refractivity contribution is 0.0695. The summed E-state index contributed by atoms with van der Waals surface area (Å²) < 4.78 is 0. The van der Waals surface area contributed by atoms with E-state index in [-0.39, 0.29) is 0 Å². The van der Waals surface area contributed by atoms with Crippen molar-refractivity contribution in [2.45, 2.75) is 20.3 Å². The number of hydrogen-bond donors (Lipinski definition) is 1. The minimum atomic E-state index is -0.900. The van der Waals surface area contributed by atoms with Crippen molar-refractivity contribution in [2.75, 3.05) is 0 Å². The number of hydrogen-bond acceptors (Lipinski definition) is 2. The highest BCUT2D eigenvalue weighted by molar-refractivity contribution is 5.89. The van der Waals surface area contributed by atoms with Crippen molar-refractivity contribution in [3.05, 3.63) is 29.1 Å². The van der Waals surface area contributed by atoms with Gasteiger partial charge in [-0.3, -0.25) is 4.98 Å². The zero-order valence-electron chi connectivity index (χ0n) is 7.16. The predicted octanol–water partition coefficient (Wildman–Crippen LogP) is 1.65. The molecule has 0 saturated heterocycles. The van der Waals surface area contributed by atoms with Gasteiger partial charge in [-0.25, -0.2) is 4.79 Å². The Bertz CT molecular complexity index is 307. The zero-order chi connectivity index (χ0) is 9.14. The Morgan fingerprint density at radius 1 is 1.67 bits per heavy atom. The van der Waals surface area contributed by atoms with Crippen molar-refractivity contribution in [3.63, 3.8) is 0 Å². The summed E-state index contributed by atoms with van der Waals surface area (Å²) in [7, 11) is 0. The van der Waals surface area contributed by atoms with Gasteiger partial charge in [0.05, 0.1) is 11.3 Å². The molecule has 1 aromatic rings. The number of pyridine rings is 1. The lowest BCUT2D eigenvalue weighted by atomic mass is 10.1. The van der Waals surface area contributed by atoms with E-state index in [1.54, 1.807) is 12.3 Å². The molecule has 1 N–H and O–H groups in total. The second-order valence-corrected chi connectivity index (χ2v) is 2.67. The second kappa shape index (κ2) is 3.34. The number of nitrogens with zero attached hydrogens (tertiary/aromatic N) is 1. The molecule has 1 heterocycles. The lowest BCUT2D eigenvalue weighted by Crippen LogP contribution is -2.04. The number of aryl methyl sites for hydroxylation is 2. The van der Waals surface area contributed by atoms with Gasteiger partial charge >= 0.3 is 5.97 Å². The van der Waals surface area contributed by atoms with E-state index >= 15 is 0 Å². The highest BCUT2D eigenvalue weighted by Crippen LogP contribution is 2.08. The molecule has 3 heteroatoms. The fourth-order valence-electron chi connectivity index (χ4n) is 1.06. The molecule has 64 valence electrons. The van der Waals surface area contributed by atoms with Gasteiger partial charge in [-0.05, 0) is 25.0 Å². The molecule has 0 spiro atoms. The average molecular weight is 165 g/mol. The van der Waals surface area contributed by atoms with Crippen LogP contribution in [0.3, 0.4) is 0 Å². The maximum absolute atomic E-state index is 10.7. The Balaban J connectivity index is 3.21. The van der Waals surface area contributed by atoms with Gasteiger partial charge in [-0.15, -0.1) is 0 Å². The first-order valence-electron chi connectivity index (χ1n) is 3.84. The van der Waals surface area contributed by atoms with E-state index in [1.807, 2.05) is 13.8 Å². The molecule has 0 radical (unpaired) electrons. The van der Waals surface area contributed by atoms with Crippen LogP contribution in [0.15, 0.2) is 12.3 Å². The molecule has 0 aliphatic heterocycles. The first-order chi connectivity index (χ1) is 5.65. The SMILES string of the molecule is CCc1ncc(C)cc1C(=O)O. The van der Waals surface area contributed by atoms with Crippen LogP contribution >= 0.6 is 0 Å². The minimum absolute atomic E-state index is 0.317. The first-order valence-corrected chi connectivity index (χ1v) is 3.84. The van der Waals surface area contributed by atoms with Gasteiger partial charge in [0.15, 0.2) is 0 Å². The summed E-state index contributed by atoms with van der Waals surface area (Å²) in [6.45, 7) is 3.73. The molecule has 0 saturated carbocycles. The van der Waals surface area contributed by atoms with Crippen LogP contribution in [0.4, 0.5) is 0 Å². The van der Waals surface area contributed by atoms with Crippen LogP contribution in [0.5, 0.6) is 0 Å². The molecule has 0 aromatic carbocycles. The molecular weight excluding hydrogens is 154 g/mol. The fourth-order valence-corrected chi connectivity index (χ4v) is 1.06. The van der Waals surface area contributed by atoms with Gasteiger partial charge in [0.2, 0.25) is 0 Å². The maximum atomic E-state index is 10.7. The summed E-state index contributed by atoms with van der Waals surface area (Å²) in [6, 6.07) is 1.65. The third kappa shape index (κ3) is 1.61. The van der Waals surface area contributed by atoms with Crippen molar-refractivity contribution in [1.29, 1.82) is 0 Å².